The maximum Gasteiger partial charge on any atom is 0.270 e. The molecule has 0 saturated heterocycles. The van der Waals surface area contributed by atoms with Crippen LogP contribution < -0.4 is 0 Å². The van der Waals surface area contributed by atoms with Gasteiger partial charge in [0.2, 0.25) is 0 Å². The third-order valence-electron chi connectivity index (χ3n) is 3.56. The van der Waals surface area contributed by atoms with Gasteiger partial charge in [-0.2, -0.15) is 0 Å². The van der Waals surface area contributed by atoms with E-state index in [9.17, 15) is 10.1 Å². The summed E-state index contributed by atoms with van der Waals surface area (Å²) < 4.78 is 10.9. The van der Waals surface area contributed by atoms with Crippen LogP contribution >= 0.6 is 0 Å². The molecule has 3 aromatic heterocycles. The van der Waals surface area contributed by atoms with Crippen LogP contribution in [0.5, 0.6) is 0 Å². The zero-order chi connectivity index (χ0) is 16.5. The van der Waals surface area contributed by atoms with E-state index in [1.165, 1.54) is 12.1 Å². The van der Waals surface area contributed by atoms with Crippen molar-refractivity contribution >= 4 is 5.69 Å². The Kier molecular flexibility index (Phi) is 3.24. The number of nitro benzene ring substituents is 1. The van der Waals surface area contributed by atoms with Gasteiger partial charge in [0.25, 0.3) is 5.69 Å². The normalized spacial score (nSPS) is 10.8. The summed E-state index contributed by atoms with van der Waals surface area (Å²) in [6, 6.07) is 13.4. The van der Waals surface area contributed by atoms with E-state index in [4.69, 9.17) is 8.83 Å². The molecule has 7 nitrogen and oxygen atoms in total. The lowest BCUT2D eigenvalue weighted by Crippen LogP contribution is -1.88. The van der Waals surface area contributed by atoms with Crippen molar-refractivity contribution in [2.75, 3.05) is 0 Å². The molecule has 0 aliphatic rings. The molecule has 0 saturated carbocycles. The second kappa shape index (κ2) is 5.54. The highest BCUT2D eigenvalue weighted by molar-refractivity contribution is 5.77. The monoisotopic (exact) mass is 321 g/mol. The Morgan fingerprint density at radius 2 is 1.75 bits per heavy atom. The van der Waals surface area contributed by atoms with Crippen molar-refractivity contribution in [1.82, 2.24) is 9.97 Å². The summed E-state index contributed by atoms with van der Waals surface area (Å²) in [5.41, 5.74) is 1.84. The predicted octanol–water partition coefficient (Wildman–Crippen LogP) is 4.50. The predicted molar refractivity (Wildman–Crippen MR) is 86.1 cm³/mol. The van der Waals surface area contributed by atoms with Gasteiger partial charge in [0, 0.05) is 17.7 Å². The van der Waals surface area contributed by atoms with E-state index in [1.54, 1.807) is 48.9 Å². The third-order valence-corrected chi connectivity index (χ3v) is 3.56. The topological polar surface area (TPSA) is 98.1 Å². The van der Waals surface area contributed by atoms with Crippen LogP contribution in [0.1, 0.15) is 0 Å². The number of H-pyrrole nitrogens is 1. The smallest absolute Gasteiger partial charge is 0.270 e. The maximum absolute atomic E-state index is 11.0. The van der Waals surface area contributed by atoms with Crippen molar-refractivity contribution in [2.45, 2.75) is 0 Å². The number of nitrogens with zero attached hydrogens (tertiary/aromatic N) is 2. The number of nitro groups is 1. The Balaban J connectivity index is 1.88. The van der Waals surface area contributed by atoms with Gasteiger partial charge in [-0.3, -0.25) is 10.1 Å². The molecular formula is C17H11N3O4. The van der Waals surface area contributed by atoms with Gasteiger partial charge in [-0.15, -0.1) is 0 Å². The quantitative estimate of drug-likeness (QED) is 0.440. The van der Waals surface area contributed by atoms with E-state index in [-0.39, 0.29) is 5.69 Å². The van der Waals surface area contributed by atoms with E-state index in [0.717, 1.165) is 0 Å². The van der Waals surface area contributed by atoms with Gasteiger partial charge >= 0.3 is 0 Å². The van der Waals surface area contributed by atoms with Gasteiger partial charge in [0.1, 0.15) is 17.2 Å². The maximum atomic E-state index is 11.0. The SMILES string of the molecule is O=[N+]([O-])c1cccc(-c2nc(-c3ccco3)c(-c3ccco3)[nH]2)c1. The van der Waals surface area contributed by atoms with Crippen molar-refractivity contribution in [1.29, 1.82) is 0 Å². The Hall–Kier alpha value is -3.61. The standard InChI is InChI=1S/C17H11N3O4/c21-20(22)12-5-1-4-11(10-12)17-18-15(13-6-2-8-23-13)16(19-17)14-7-3-9-24-14/h1-10H,(H,18,19). The minimum atomic E-state index is -0.437. The van der Waals surface area contributed by atoms with Gasteiger partial charge in [-0.25, -0.2) is 4.98 Å². The Labute approximate surface area is 135 Å². The number of furan rings is 2. The molecular weight excluding hydrogens is 310 g/mol. The lowest BCUT2D eigenvalue weighted by Gasteiger charge is -1.96. The molecule has 4 aromatic rings. The Morgan fingerprint density at radius 3 is 2.42 bits per heavy atom. The highest BCUT2D eigenvalue weighted by Crippen LogP contribution is 2.34. The van der Waals surface area contributed by atoms with Crippen LogP contribution in [0, 0.1) is 10.1 Å². The summed E-state index contributed by atoms with van der Waals surface area (Å²) in [5, 5.41) is 11.0. The zero-order valence-corrected chi connectivity index (χ0v) is 12.3. The number of nitrogens with one attached hydrogen (secondary N) is 1. The van der Waals surface area contributed by atoms with Crippen LogP contribution in [0.3, 0.4) is 0 Å². The number of rotatable bonds is 4. The summed E-state index contributed by atoms with van der Waals surface area (Å²) in [6.07, 6.45) is 3.12. The highest BCUT2D eigenvalue weighted by Gasteiger charge is 2.19. The largest absolute Gasteiger partial charge is 0.463 e. The Morgan fingerprint density at radius 1 is 1.00 bits per heavy atom. The summed E-state index contributed by atoms with van der Waals surface area (Å²) in [7, 11) is 0. The zero-order valence-electron chi connectivity index (χ0n) is 12.3. The molecule has 118 valence electrons. The molecule has 1 N–H and O–H groups in total. The molecule has 0 aliphatic carbocycles. The molecule has 0 unspecified atom stereocenters. The van der Waals surface area contributed by atoms with Gasteiger partial charge in [-0.1, -0.05) is 12.1 Å². The number of hydrogen-bond donors (Lipinski definition) is 1. The molecule has 0 aliphatic heterocycles. The molecule has 0 amide bonds. The summed E-state index contributed by atoms with van der Waals surface area (Å²) in [4.78, 5) is 18.3. The second-order valence-corrected chi connectivity index (χ2v) is 5.07. The van der Waals surface area contributed by atoms with Crippen LogP contribution in [-0.2, 0) is 0 Å². The van der Waals surface area contributed by atoms with Crippen molar-refractivity contribution in [3.8, 4) is 34.3 Å². The van der Waals surface area contributed by atoms with Gasteiger partial charge in [-0.05, 0) is 24.3 Å². The minimum Gasteiger partial charge on any atom is -0.463 e. The van der Waals surface area contributed by atoms with Crippen LogP contribution in [0.15, 0.2) is 69.9 Å². The van der Waals surface area contributed by atoms with Crippen molar-refractivity contribution in [2.24, 2.45) is 0 Å². The number of aromatic nitrogens is 2. The van der Waals surface area contributed by atoms with Crippen LogP contribution in [0.25, 0.3) is 34.3 Å². The fraction of sp³-hybridized carbons (Fsp3) is 0. The lowest BCUT2D eigenvalue weighted by atomic mass is 10.2. The molecule has 3 heterocycles. The molecule has 0 spiro atoms. The highest BCUT2D eigenvalue weighted by atomic mass is 16.6. The minimum absolute atomic E-state index is 0.00278. The van der Waals surface area contributed by atoms with Gasteiger partial charge in [0.15, 0.2) is 11.5 Å². The average Bonchev–Trinajstić information content (AvgIpc) is 3.33. The number of hydrogen-bond acceptors (Lipinski definition) is 5. The first-order valence-electron chi connectivity index (χ1n) is 7.15. The summed E-state index contributed by atoms with van der Waals surface area (Å²) in [6.45, 7) is 0. The van der Waals surface area contributed by atoms with E-state index in [0.29, 0.717) is 34.3 Å². The van der Waals surface area contributed by atoms with Crippen LogP contribution in [0.4, 0.5) is 5.69 Å². The lowest BCUT2D eigenvalue weighted by molar-refractivity contribution is -0.384. The molecule has 0 atom stereocenters. The van der Waals surface area contributed by atoms with Gasteiger partial charge in [0.05, 0.1) is 17.4 Å². The van der Waals surface area contributed by atoms with E-state index in [1.807, 2.05) is 0 Å². The van der Waals surface area contributed by atoms with Crippen molar-refractivity contribution < 1.29 is 13.8 Å². The molecule has 7 heteroatoms. The first-order chi connectivity index (χ1) is 11.7. The summed E-state index contributed by atoms with van der Waals surface area (Å²) >= 11 is 0. The third kappa shape index (κ3) is 2.38. The number of aromatic amines is 1. The first-order valence-corrected chi connectivity index (χ1v) is 7.15. The van der Waals surface area contributed by atoms with E-state index < -0.39 is 4.92 Å². The van der Waals surface area contributed by atoms with E-state index >= 15 is 0 Å². The molecule has 0 radical (unpaired) electrons. The molecule has 4 rings (SSSR count). The van der Waals surface area contributed by atoms with Gasteiger partial charge < -0.3 is 13.8 Å². The molecule has 0 bridgehead atoms. The second-order valence-electron chi connectivity index (χ2n) is 5.07. The summed E-state index contributed by atoms with van der Waals surface area (Å²) in [5.74, 6) is 1.68. The number of imidazole rings is 1. The number of benzene rings is 1. The van der Waals surface area contributed by atoms with Crippen LogP contribution in [0.2, 0.25) is 0 Å². The van der Waals surface area contributed by atoms with Crippen molar-refractivity contribution in [3.05, 3.63) is 71.2 Å². The molecule has 1 aromatic carbocycles. The molecule has 0 fully saturated rings. The van der Waals surface area contributed by atoms with Crippen molar-refractivity contribution in [3.63, 3.8) is 0 Å². The number of non-ortho nitro benzene ring substituents is 1. The van der Waals surface area contributed by atoms with E-state index in [2.05, 4.69) is 9.97 Å². The molecule has 24 heavy (non-hydrogen) atoms. The first kappa shape index (κ1) is 14.0. The van der Waals surface area contributed by atoms with Crippen LogP contribution in [-0.4, -0.2) is 14.9 Å². The fourth-order valence-electron chi connectivity index (χ4n) is 2.47. The average molecular weight is 321 g/mol. The fourth-order valence-corrected chi connectivity index (χ4v) is 2.47. The Bertz CT molecular complexity index is 933.